The van der Waals surface area contributed by atoms with E-state index in [0.29, 0.717) is 24.3 Å². The summed E-state index contributed by atoms with van der Waals surface area (Å²) in [6.45, 7) is 3.76. The van der Waals surface area contributed by atoms with Crippen LogP contribution in [-0.4, -0.2) is 10.9 Å². The van der Waals surface area contributed by atoms with Crippen molar-refractivity contribution in [3.05, 3.63) is 64.2 Å². The first-order valence-electron chi connectivity index (χ1n) is 11.2. The first-order valence-corrected chi connectivity index (χ1v) is 11.2. The molecule has 0 bridgehead atoms. The lowest BCUT2D eigenvalue weighted by Crippen LogP contribution is -2.14. The van der Waals surface area contributed by atoms with Gasteiger partial charge in [0.05, 0.1) is 5.56 Å². The van der Waals surface area contributed by atoms with Crippen molar-refractivity contribution in [2.45, 2.75) is 77.6 Å². The highest BCUT2D eigenvalue weighted by Crippen LogP contribution is 2.38. The van der Waals surface area contributed by atoms with E-state index in [0.717, 1.165) is 29.9 Å². The van der Waals surface area contributed by atoms with E-state index in [-0.39, 0.29) is 23.6 Å². The van der Waals surface area contributed by atoms with Crippen LogP contribution >= 0.6 is 0 Å². The number of halogens is 2. The molecule has 1 fully saturated rings. The molecule has 30 heavy (non-hydrogen) atoms. The highest BCUT2D eigenvalue weighted by Gasteiger charge is 2.24. The first-order chi connectivity index (χ1) is 14.4. The van der Waals surface area contributed by atoms with Gasteiger partial charge in [-0.15, -0.1) is 0 Å². The summed E-state index contributed by atoms with van der Waals surface area (Å²) in [5.74, 6) is -0.657. The van der Waals surface area contributed by atoms with Gasteiger partial charge in [0.1, 0.15) is 5.82 Å². The Morgan fingerprint density at radius 2 is 1.83 bits per heavy atom. The number of aromatic hydroxyl groups is 1. The number of hydrogen-bond acceptors (Lipinski definition) is 2. The third-order valence-electron chi connectivity index (χ3n) is 6.53. The molecule has 0 saturated heterocycles. The number of hydrogen-bond donors (Lipinski definition) is 1. The zero-order valence-corrected chi connectivity index (χ0v) is 18.0. The zero-order valence-electron chi connectivity index (χ0n) is 18.0. The van der Waals surface area contributed by atoms with Crippen LogP contribution in [0.4, 0.5) is 8.78 Å². The topological polar surface area (TPSA) is 37.3 Å². The van der Waals surface area contributed by atoms with Gasteiger partial charge in [-0.25, -0.2) is 8.78 Å². The SMILES string of the molecule is CCCC1CCC(c2ccc(CCCC(=O)c3ccc(C)c(F)c3O)cc2F)CC1. The van der Waals surface area contributed by atoms with E-state index in [9.17, 15) is 18.7 Å². The highest BCUT2D eigenvalue weighted by atomic mass is 19.1. The van der Waals surface area contributed by atoms with Crippen molar-refractivity contribution in [2.24, 2.45) is 5.92 Å². The molecule has 2 nitrogen and oxygen atoms in total. The second-order valence-corrected chi connectivity index (χ2v) is 8.73. The van der Waals surface area contributed by atoms with E-state index in [1.807, 2.05) is 12.1 Å². The van der Waals surface area contributed by atoms with Gasteiger partial charge in [-0.05, 0) is 86.1 Å². The molecule has 0 unspecified atom stereocenters. The summed E-state index contributed by atoms with van der Waals surface area (Å²) in [7, 11) is 0. The molecular weight excluding hydrogens is 382 g/mol. The normalized spacial score (nSPS) is 19.1. The fourth-order valence-electron chi connectivity index (χ4n) is 4.71. The van der Waals surface area contributed by atoms with Crippen molar-refractivity contribution in [2.75, 3.05) is 0 Å². The van der Waals surface area contributed by atoms with Crippen molar-refractivity contribution in [3.63, 3.8) is 0 Å². The zero-order chi connectivity index (χ0) is 21.7. The van der Waals surface area contributed by atoms with Gasteiger partial charge < -0.3 is 5.11 Å². The maximum Gasteiger partial charge on any atom is 0.168 e. The molecule has 0 spiro atoms. The second-order valence-electron chi connectivity index (χ2n) is 8.73. The summed E-state index contributed by atoms with van der Waals surface area (Å²) >= 11 is 0. The Kier molecular flexibility index (Phi) is 7.63. The molecule has 1 aliphatic carbocycles. The number of rotatable bonds is 8. The maximum absolute atomic E-state index is 14.7. The van der Waals surface area contributed by atoms with Gasteiger partial charge >= 0.3 is 0 Å². The Morgan fingerprint density at radius 1 is 1.10 bits per heavy atom. The van der Waals surface area contributed by atoms with Crippen LogP contribution in [0.2, 0.25) is 0 Å². The van der Waals surface area contributed by atoms with Crippen molar-refractivity contribution >= 4 is 5.78 Å². The highest BCUT2D eigenvalue weighted by molar-refractivity contribution is 5.98. The van der Waals surface area contributed by atoms with Crippen LogP contribution in [-0.2, 0) is 6.42 Å². The van der Waals surface area contributed by atoms with E-state index in [1.54, 1.807) is 13.0 Å². The minimum Gasteiger partial charge on any atom is -0.504 e. The number of ketones is 1. The van der Waals surface area contributed by atoms with E-state index in [2.05, 4.69) is 6.92 Å². The van der Waals surface area contributed by atoms with Crippen LogP contribution in [0.3, 0.4) is 0 Å². The quantitative estimate of drug-likeness (QED) is 0.462. The monoisotopic (exact) mass is 414 g/mol. The van der Waals surface area contributed by atoms with Gasteiger partial charge in [-0.1, -0.05) is 38.0 Å². The van der Waals surface area contributed by atoms with E-state index < -0.39 is 11.6 Å². The molecule has 162 valence electrons. The summed E-state index contributed by atoms with van der Waals surface area (Å²) in [5.41, 5.74) is 2.00. The van der Waals surface area contributed by atoms with Gasteiger partial charge in [0.2, 0.25) is 0 Å². The van der Waals surface area contributed by atoms with E-state index in [4.69, 9.17) is 0 Å². The Labute approximate surface area is 178 Å². The Bertz CT molecular complexity index is 883. The minimum absolute atomic E-state index is 0.0123. The van der Waals surface area contributed by atoms with Gasteiger partial charge in [-0.3, -0.25) is 4.79 Å². The van der Waals surface area contributed by atoms with E-state index >= 15 is 0 Å². The van der Waals surface area contributed by atoms with Gasteiger partial charge in [0.25, 0.3) is 0 Å². The Balaban J connectivity index is 1.54. The molecular formula is C26H32F2O2. The largest absolute Gasteiger partial charge is 0.504 e. The van der Waals surface area contributed by atoms with Crippen molar-refractivity contribution in [1.82, 2.24) is 0 Å². The van der Waals surface area contributed by atoms with Gasteiger partial charge in [-0.2, -0.15) is 0 Å². The van der Waals surface area contributed by atoms with Crippen LogP contribution in [0.5, 0.6) is 5.75 Å². The molecule has 1 saturated carbocycles. The fourth-order valence-corrected chi connectivity index (χ4v) is 4.71. The lowest BCUT2D eigenvalue weighted by molar-refractivity contribution is 0.0977. The molecule has 2 aromatic rings. The summed E-state index contributed by atoms with van der Waals surface area (Å²) < 4.78 is 28.5. The lowest BCUT2D eigenvalue weighted by Gasteiger charge is -2.29. The van der Waals surface area contributed by atoms with Gasteiger partial charge in [0.15, 0.2) is 17.3 Å². The molecule has 0 aliphatic heterocycles. The van der Waals surface area contributed by atoms with Crippen molar-refractivity contribution < 1.29 is 18.7 Å². The van der Waals surface area contributed by atoms with Crippen LogP contribution in [0.15, 0.2) is 30.3 Å². The first kappa shape index (κ1) is 22.5. The molecule has 3 rings (SSSR count). The van der Waals surface area contributed by atoms with Crippen LogP contribution in [0, 0.1) is 24.5 Å². The summed E-state index contributed by atoms with van der Waals surface area (Å²) in [6.07, 6.45) is 8.27. The van der Waals surface area contributed by atoms with Crippen molar-refractivity contribution in [3.8, 4) is 5.75 Å². The molecule has 0 aromatic heterocycles. The Morgan fingerprint density at radius 3 is 2.50 bits per heavy atom. The van der Waals surface area contributed by atoms with Crippen LogP contribution < -0.4 is 0 Å². The van der Waals surface area contributed by atoms with Gasteiger partial charge in [0, 0.05) is 6.42 Å². The predicted molar refractivity (Wildman–Crippen MR) is 116 cm³/mol. The summed E-state index contributed by atoms with van der Waals surface area (Å²) in [5, 5.41) is 9.86. The molecule has 0 atom stereocenters. The third-order valence-corrected chi connectivity index (χ3v) is 6.53. The summed E-state index contributed by atoms with van der Waals surface area (Å²) in [4.78, 5) is 12.3. The van der Waals surface area contributed by atoms with E-state index in [1.165, 1.54) is 37.8 Å². The number of benzene rings is 2. The number of Topliss-reactive ketones (excluding diaryl/α,β-unsaturated/α-hetero) is 1. The number of phenols is 1. The predicted octanol–water partition coefficient (Wildman–Crippen LogP) is 7.26. The van der Waals surface area contributed by atoms with Crippen LogP contribution in [0.25, 0.3) is 0 Å². The average molecular weight is 415 g/mol. The fraction of sp³-hybridized carbons (Fsp3) is 0.500. The smallest absolute Gasteiger partial charge is 0.168 e. The molecule has 2 aromatic carbocycles. The average Bonchev–Trinajstić information content (AvgIpc) is 2.73. The minimum atomic E-state index is -0.748. The number of aryl methyl sites for hydroxylation is 2. The molecule has 1 aliphatic rings. The standard InChI is InChI=1S/C26H32F2O2/c1-3-5-18-9-12-20(13-10-18)21-15-11-19(16-23(21)27)6-4-7-24(29)22-14-8-17(2)25(28)26(22)30/h8,11,14-16,18,20,30H,3-7,9-10,12-13H2,1-2H3. The molecule has 0 radical (unpaired) electrons. The number of phenolic OH excluding ortho intramolecular Hbond substituents is 1. The summed E-state index contributed by atoms with van der Waals surface area (Å²) in [6, 6.07) is 8.43. The molecule has 0 amide bonds. The maximum atomic E-state index is 14.7. The number of carbonyl (C=O) groups excluding carboxylic acids is 1. The van der Waals surface area contributed by atoms with Crippen molar-refractivity contribution in [1.29, 1.82) is 0 Å². The lowest BCUT2D eigenvalue weighted by atomic mass is 9.77. The molecule has 1 N–H and O–H groups in total. The van der Waals surface area contributed by atoms with Crippen LogP contribution in [0.1, 0.15) is 91.3 Å². The molecule has 0 heterocycles. The molecule has 4 heteroatoms. The Hall–Kier alpha value is -2.23. The second kappa shape index (κ2) is 10.2. The third kappa shape index (κ3) is 5.27. The number of carbonyl (C=O) groups is 1.